The van der Waals surface area contributed by atoms with Crippen molar-refractivity contribution in [3.63, 3.8) is 0 Å². The number of aryl methyl sites for hydroxylation is 1. The zero-order valence-electron chi connectivity index (χ0n) is 11.6. The lowest BCUT2D eigenvalue weighted by molar-refractivity contribution is 0.0526. The topological polar surface area (TPSA) is 64.1 Å². The van der Waals surface area contributed by atoms with Crippen LogP contribution in [0.25, 0.3) is 0 Å². The fourth-order valence-electron chi connectivity index (χ4n) is 1.71. The molecule has 2 rings (SSSR count). The number of carbonyl (C=O) groups is 1. The van der Waals surface area contributed by atoms with E-state index in [1.54, 1.807) is 19.1 Å². The summed E-state index contributed by atoms with van der Waals surface area (Å²) in [6, 6.07) is 9.32. The predicted molar refractivity (Wildman–Crippen MR) is 76.5 cm³/mol. The molecule has 0 radical (unpaired) electrons. The monoisotopic (exact) mass is 271 g/mol. The number of rotatable bonds is 5. The van der Waals surface area contributed by atoms with E-state index < -0.39 is 0 Å². The van der Waals surface area contributed by atoms with E-state index in [4.69, 9.17) is 4.74 Å². The van der Waals surface area contributed by atoms with Gasteiger partial charge in [0, 0.05) is 11.9 Å². The van der Waals surface area contributed by atoms with Gasteiger partial charge in [-0.3, -0.25) is 4.98 Å². The molecule has 0 aliphatic rings. The van der Waals surface area contributed by atoms with Gasteiger partial charge in [0.25, 0.3) is 0 Å². The zero-order chi connectivity index (χ0) is 14.4. The average molecular weight is 271 g/mol. The van der Waals surface area contributed by atoms with Crippen molar-refractivity contribution in [2.45, 2.75) is 20.4 Å². The summed E-state index contributed by atoms with van der Waals surface area (Å²) in [5.41, 5.74) is 2.38. The first-order chi connectivity index (χ1) is 9.69. The number of hydrogen-bond acceptors (Lipinski definition) is 5. The Bertz CT molecular complexity index is 582. The Morgan fingerprint density at radius 2 is 2.15 bits per heavy atom. The first kappa shape index (κ1) is 14.0. The third-order valence-electron chi connectivity index (χ3n) is 2.67. The number of pyridine rings is 2. The number of esters is 1. The van der Waals surface area contributed by atoms with E-state index in [1.807, 2.05) is 25.1 Å². The van der Waals surface area contributed by atoms with Crippen LogP contribution in [0.2, 0.25) is 0 Å². The summed E-state index contributed by atoms with van der Waals surface area (Å²) in [5.74, 6) is 0.341. The van der Waals surface area contributed by atoms with Gasteiger partial charge in [-0.15, -0.1) is 0 Å². The van der Waals surface area contributed by atoms with Crippen LogP contribution in [0, 0.1) is 6.92 Å². The number of nitrogens with zero attached hydrogens (tertiary/aromatic N) is 2. The summed E-state index contributed by atoms with van der Waals surface area (Å²) in [7, 11) is 0. The molecular formula is C15H17N3O2. The Morgan fingerprint density at radius 1 is 1.30 bits per heavy atom. The SMILES string of the molecule is CCOC(=O)c1ccc(NCc2cccc(C)n2)nc1. The maximum absolute atomic E-state index is 11.5. The van der Waals surface area contributed by atoms with Gasteiger partial charge in [-0.05, 0) is 38.1 Å². The van der Waals surface area contributed by atoms with Crippen LogP contribution in [0.4, 0.5) is 5.82 Å². The van der Waals surface area contributed by atoms with Gasteiger partial charge in [-0.2, -0.15) is 0 Å². The third kappa shape index (κ3) is 3.78. The van der Waals surface area contributed by atoms with Gasteiger partial charge in [0.15, 0.2) is 0 Å². The highest BCUT2D eigenvalue weighted by molar-refractivity contribution is 5.89. The maximum atomic E-state index is 11.5. The van der Waals surface area contributed by atoms with Crippen LogP contribution >= 0.6 is 0 Å². The molecule has 0 fully saturated rings. The Labute approximate surface area is 118 Å². The fraction of sp³-hybridized carbons (Fsp3) is 0.267. The second-order valence-electron chi connectivity index (χ2n) is 4.28. The number of nitrogens with one attached hydrogen (secondary N) is 1. The Morgan fingerprint density at radius 3 is 2.80 bits per heavy atom. The Balaban J connectivity index is 1.95. The van der Waals surface area contributed by atoms with Gasteiger partial charge in [0.1, 0.15) is 5.82 Å². The van der Waals surface area contributed by atoms with Gasteiger partial charge in [-0.25, -0.2) is 9.78 Å². The number of hydrogen-bond donors (Lipinski definition) is 1. The van der Waals surface area contributed by atoms with Gasteiger partial charge in [0.2, 0.25) is 0 Å². The van der Waals surface area contributed by atoms with Gasteiger partial charge in [-0.1, -0.05) is 6.07 Å². The summed E-state index contributed by atoms with van der Waals surface area (Å²) < 4.78 is 4.90. The van der Waals surface area contributed by atoms with Gasteiger partial charge in [0.05, 0.1) is 24.4 Å². The molecule has 0 unspecified atom stereocenters. The molecule has 2 heterocycles. The van der Waals surface area contributed by atoms with E-state index in [0.717, 1.165) is 11.4 Å². The molecule has 104 valence electrons. The summed E-state index contributed by atoms with van der Waals surface area (Å²) >= 11 is 0. The molecule has 0 aromatic carbocycles. The van der Waals surface area contributed by atoms with E-state index in [1.165, 1.54) is 6.20 Å². The van der Waals surface area contributed by atoms with E-state index in [2.05, 4.69) is 15.3 Å². The Hall–Kier alpha value is -2.43. The molecule has 2 aromatic rings. The van der Waals surface area contributed by atoms with Crippen molar-refractivity contribution in [3.8, 4) is 0 Å². The maximum Gasteiger partial charge on any atom is 0.339 e. The second-order valence-corrected chi connectivity index (χ2v) is 4.28. The third-order valence-corrected chi connectivity index (χ3v) is 2.67. The molecule has 0 saturated carbocycles. The molecule has 0 aliphatic heterocycles. The first-order valence-electron chi connectivity index (χ1n) is 6.48. The molecule has 0 aliphatic carbocycles. The van der Waals surface area contributed by atoms with Gasteiger partial charge < -0.3 is 10.1 Å². The largest absolute Gasteiger partial charge is 0.462 e. The van der Waals surface area contributed by atoms with Crippen LogP contribution in [0.5, 0.6) is 0 Å². The first-order valence-corrected chi connectivity index (χ1v) is 6.48. The molecule has 1 N–H and O–H groups in total. The summed E-state index contributed by atoms with van der Waals surface area (Å²) in [6.07, 6.45) is 1.50. The molecular weight excluding hydrogens is 254 g/mol. The minimum Gasteiger partial charge on any atom is -0.462 e. The molecule has 0 bridgehead atoms. The normalized spacial score (nSPS) is 10.1. The van der Waals surface area contributed by atoms with E-state index in [0.29, 0.717) is 24.5 Å². The molecule has 0 amide bonds. The minimum atomic E-state index is -0.355. The number of aromatic nitrogens is 2. The zero-order valence-corrected chi connectivity index (χ0v) is 11.6. The predicted octanol–water partition coefficient (Wildman–Crippen LogP) is 2.57. The van der Waals surface area contributed by atoms with Crippen LogP contribution in [-0.2, 0) is 11.3 Å². The van der Waals surface area contributed by atoms with Crippen LogP contribution in [0.15, 0.2) is 36.5 Å². The lowest BCUT2D eigenvalue weighted by Crippen LogP contribution is -2.07. The lowest BCUT2D eigenvalue weighted by Gasteiger charge is -2.06. The van der Waals surface area contributed by atoms with Crippen molar-refractivity contribution < 1.29 is 9.53 Å². The molecule has 0 atom stereocenters. The van der Waals surface area contributed by atoms with Crippen LogP contribution in [0.3, 0.4) is 0 Å². The van der Waals surface area contributed by atoms with E-state index in [9.17, 15) is 4.79 Å². The summed E-state index contributed by atoms with van der Waals surface area (Å²) in [4.78, 5) is 20.1. The molecule has 20 heavy (non-hydrogen) atoms. The van der Waals surface area contributed by atoms with Crippen molar-refractivity contribution in [2.24, 2.45) is 0 Å². The van der Waals surface area contributed by atoms with Gasteiger partial charge >= 0.3 is 5.97 Å². The highest BCUT2D eigenvalue weighted by Gasteiger charge is 2.06. The quantitative estimate of drug-likeness (QED) is 0.847. The van der Waals surface area contributed by atoms with Crippen LogP contribution in [-0.4, -0.2) is 22.5 Å². The van der Waals surface area contributed by atoms with Crippen molar-refractivity contribution in [1.29, 1.82) is 0 Å². The highest BCUT2D eigenvalue weighted by atomic mass is 16.5. The standard InChI is InChI=1S/C15H17N3O2/c1-3-20-15(19)12-7-8-14(16-9-12)17-10-13-6-4-5-11(2)18-13/h4-9H,3,10H2,1-2H3,(H,16,17). The summed E-state index contributed by atoms with van der Waals surface area (Å²) in [6.45, 7) is 4.68. The molecule has 0 spiro atoms. The van der Waals surface area contributed by atoms with Crippen molar-refractivity contribution in [1.82, 2.24) is 9.97 Å². The lowest BCUT2D eigenvalue weighted by atomic mass is 10.3. The number of carbonyl (C=O) groups excluding carboxylic acids is 1. The Kier molecular flexibility index (Phi) is 4.65. The van der Waals surface area contributed by atoms with Crippen molar-refractivity contribution in [2.75, 3.05) is 11.9 Å². The smallest absolute Gasteiger partial charge is 0.339 e. The second kappa shape index (κ2) is 6.65. The number of ether oxygens (including phenoxy) is 1. The van der Waals surface area contributed by atoms with E-state index >= 15 is 0 Å². The van der Waals surface area contributed by atoms with E-state index in [-0.39, 0.29) is 5.97 Å². The van der Waals surface area contributed by atoms with Crippen molar-refractivity contribution >= 4 is 11.8 Å². The molecule has 2 aromatic heterocycles. The molecule has 5 heteroatoms. The van der Waals surface area contributed by atoms with Crippen molar-refractivity contribution in [3.05, 3.63) is 53.5 Å². The average Bonchev–Trinajstić information content (AvgIpc) is 2.46. The molecule has 5 nitrogen and oxygen atoms in total. The fourth-order valence-corrected chi connectivity index (χ4v) is 1.71. The molecule has 0 saturated heterocycles. The van der Waals surface area contributed by atoms with Crippen LogP contribution in [0.1, 0.15) is 28.7 Å². The highest BCUT2D eigenvalue weighted by Crippen LogP contribution is 2.08. The summed E-state index contributed by atoms with van der Waals surface area (Å²) in [5, 5.41) is 3.16. The van der Waals surface area contributed by atoms with Crippen LogP contribution < -0.4 is 5.32 Å². The minimum absolute atomic E-state index is 0.355. The number of anilines is 1.